The molecule has 0 fully saturated rings. The second kappa shape index (κ2) is 33.1. The Morgan fingerprint density at radius 1 is 0.202 bits per heavy atom. The summed E-state index contributed by atoms with van der Waals surface area (Å²) in [5, 5.41) is 89.8. The molecule has 17 rings (SSSR count). The van der Waals surface area contributed by atoms with Gasteiger partial charge in [-0.3, -0.25) is 80.9 Å². The van der Waals surface area contributed by atoms with Crippen LogP contribution in [0.1, 0.15) is 0 Å². The van der Waals surface area contributed by atoms with E-state index in [9.17, 15) is 80.9 Å². The molecule has 129 heavy (non-hydrogen) atoms. The number of aromatic nitrogens is 8. The van der Waals surface area contributed by atoms with E-state index in [0.717, 1.165) is 194 Å². The zero-order chi connectivity index (χ0) is 90.3. The van der Waals surface area contributed by atoms with Gasteiger partial charge < -0.3 is 67.8 Å². The van der Waals surface area contributed by atoms with Crippen LogP contribution < -0.4 is 47.9 Å². The van der Waals surface area contributed by atoms with Crippen LogP contribution in [0.3, 0.4) is 0 Å². The molecule has 8 bridgehead atoms. The van der Waals surface area contributed by atoms with E-state index in [2.05, 4.69) is 39.9 Å². The summed E-state index contributed by atoms with van der Waals surface area (Å²) >= 11 is 0. The van der Waals surface area contributed by atoms with Gasteiger partial charge in [-0.2, -0.15) is 0 Å². The van der Waals surface area contributed by atoms with Crippen molar-refractivity contribution in [2.45, 2.75) is 0 Å². The second-order valence-corrected chi connectivity index (χ2v) is 26.5. The van der Waals surface area contributed by atoms with Crippen molar-refractivity contribution >= 4 is 89.6 Å². The maximum Gasteiger partial charge on any atom is 2.00 e. The molecule has 40 nitrogen and oxygen atoms in total. The molecule has 0 saturated heterocycles. The first-order valence-electron chi connectivity index (χ1n) is 35.6. The van der Waals surface area contributed by atoms with Crippen molar-refractivity contribution in [1.82, 2.24) is 39.9 Å². The second-order valence-electron chi connectivity index (χ2n) is 26.5. The number of benzene rings is 12. The van der Waals surface area contributed by atoms with E-state index in [4.69, 9.17) is 37.9 Å². The number of rotatable bonds is 24. The molecule has 5 heterocycles. The predicted molar refractivity (Wildman–Crippen MR) is 419 cm³/mol. The first-order chi connectivity index (χ1) is 61.3. The molecule has 0 unspecified atom stereocenters. The van der Waals surface area contributed by atoms with Gasteiger partial charge >= 0.3 is 19.5 Å². The van der Waals surface area contributed by atoms with Crippen molar-refractivity contribution in [3.05, 3.63) is 322 Å². The van der Waals surface area contributed by atoms with E-state index in [1.54, 1.807) is 0 Å². The van der Waals surface area contributed by atoms with E-state index in [1.807, 2.05) is 0 Å². The molecule has 0 N–H and O–H groups in total. The number of hydrogen-bond acceptors (Lipinski definition) is 30. The first kappa shape index (κ1) is 84.3. The number of fused-ring (bicyclic) bond motifs is 20. The summed E-state index contributed by atoms with van der Waals surface area (Å²) in [5.74, 6) is -36.6. The van der Waals surface area contributed by atoms with Gasteiger partial charge in [-0.25, -0.2) is 45.1 Å². The fourth-order valence-corrected chi connectivity index (χ4v) is 12.9. The van der Waals surface area contributed by atoms with Crippen molar-refractivity contribution in [2.24, 2.45) is 0 Å². The SMILES string of the molecule is O=[N+]([O-])c1ccc(Oc2c(F)c3c(c(F)c2Oc2ccc([N+](=O)[O-])cc2)-c2nc-3nc3[n-]c(nc4nc(nc5[n-]c(n2)c2c(F)c(Oc6ccc([N+](=O)[O-])cc6)c(Oc6ccc([N+](=O)[O-])cc6)c(F)c52)-c2c(F)c(Oc5ccc([N+](=O)[O-])cc5)c(Oc5ccc([N+](=O)[O-])cc5)c(F)c2-4)c2c(F)c(Oc4ccc([N+](=O)[O-])cc4)c(Oc4ccc([N+](=O)[O-])cc4)c(F)c32)cc1.[Zn+2]. The van der Waals surface area contributed by atoms with Gasteiger partial charge in [0, 0.05) is 141 Å². The van der Waals surface area contributed by atoms with Crippen LogP contribution in [0, 0.1) is 127 Å². The standard InChI is InChI=1S/C80H32F8N16O24.Zn/c81-57-49-50(58(82)66(122-42-19-3-34(4-20-42)98(107)108)65(57)121-41-17-1-33(2-18-41)97(105)106)74-89-73(49)93-75-51-52(60(84)68(124-44-23-7-36(8-24-44)100(111)112)67(59(51)83)123-43-21-5-35(6-22-43)99(109)110)77(90-75)95-79-55-56(64(88)72(128-48-31-15-40(16-32-48)104(119)120)71(63(55)87)127-47-29-13-39(14-30-47)103(117)118)80(92-79)96-78-54-53(76(91-78)94-74)61(85)69(125-45-25-9-37(10-26-45)101(113)114)70(62(54)86)126-46-27-11-38(12-28-46)102(115)116;/h1-32H;/q-2;+2. The Morgan fingerprint density at radius 2 is 0.326 bits per heavy atom. The summed E-state index contributed by atoms with van der Waals surface area (Å²) in [6.45, 7) is 0. The molecule has 2 aliphatic rings. The number of halogens is 8. The zero-order valence-corrected chi connectivity index (χ0v) is 66.1. The quantitative estimate of drug-likeness (QED) is 0.0235. The maximum atomic E-state index is 19.1. The van der Waals surface area contributed by atoms with Gasteiger partial charge in [0.15, 0.2) is 46.5 Å². The number of nitrogens with zero attached hydrogens (tertiary/aromatic N) is 16. The molecule has 2 aliphatic heterocycles. The largest absolute Gasteiger partial charge is 2.00 e. The zero-order valence-electron chi connectivity index (χ0n) is 63.2. The van der Waals surface area contributed by atoms with E-state index in [-0.39, 0.29) is 19.5 Å². The normalized spacial score (nSPS) is 11.2. The summed E-state index contributed by atoms with van der Waals surface area (Å²) in [7, 11) is 0. The molecule has 0 radical (unpaired) electrons. The number of hydrogen-bond donors (Lipinski definition) is 0. The minimum Gasteiger partial charge on any atom is -0.450 e. The number of ether oxygens (including phenoxy) is 8. The molecule has 3 aromatic heterocycles. The summed E-state index contributed by atoms with van der Waals surface area (Å²) in [4.78, 5) is 123. The third-order valence-corrected chi connectivity index (χ3v) is 18.8. The third kappa shape index (κ3) is 15.6. The molecule has 0 atom stereocenters. The first-order valence-corrected chi connectivity index (χ1v) is 35.6. The van der Waals surface area contributed by atoms with Crippen LogP contribution in [-0.4, -0.2) is 69.3 Å². The number of nitro benzene ring substituents is 8. The topological polar surface area (TPSA) is 524 Å². The van der Waals surface area contributed by atoms with E-state index in [0.29, 0.717) is 0 Å². The van der Waals surface area contributed by atoms with Gasteiger partial charge in [0.1, 0.15) is 46.0 Å². The maximum absolute atomic E-state index is 19.1. The van der Waals surface area contributed by atoms with E-state index in [1.165, 1.54) is 0 Å². The molecule has 0 aliphatic carbocycles. The molecule has 0 amide bonds. The van der Waals surface area contributed by atoms with Crippen molar-refractivity contribution in [2.75, 3.05) is 0 Å². The average Bonchev–Trinajstić information content (AvgIpc) is 1.57. The van der Waals surface area contributed by atoms with Crippen LogP contribution in [0.25, 0.3) is 89.7 Å². The smallest absolute Gasteiger partial charge is 0.450 e. The Morgan fingerprint density at radius 3 is 0.450 bits per heavy atom. The Labute approximate surface area is 717 Å². The predicted octanol–water partition coefficient (Wildman–Crippen LogP) is 20.8. The van der Waals surface area contributed by atoms with Gasteiger partial charge in [0.25, 0.3) is 45.5 Å². The van der Waals surface area contributed by atoms with Crippen molar-refractivity contribution in [3.8, 4) is 138 Å². The van der Waals surface area contributed by atoms with Crippen LogP contribution in [0.5, 0.6) is 92.0 Å². The van der Waals surface area contributed by atoms with Crippen LogP contribution in [0.15, 0.2) is 194 Å². The van der Waals surface area contributed by atoms with Gasteiger partial charge in [-0.1, -0.05) is 0 Å². The van der Waals surface area contributed by atoms with Crippen molar-refractivity contribution < 1.29 is 132 Å². The van der Waals surface area contributed by atoms with Crippen LogP contribution in [0.4, 0.5) is 80.6 Å². The van der Waals surface area contributed by atoms with E-state index >= 15 is 35.1 Å². The fraction of sp³-hybridized carbons (Fsp3) is 0. The molecular weight excluding hydrogens is 1790 g/mol. The minimum absolute atomic E-state index is 0. The molecule has 15 aromatic rings. The Hall–Kier alpha value is -18.3. The Balaban J connectivity index is 0.0000122. The summed E-state index contributed by atoms with van der Waals surface area (Å²) in [6, 6.07) is 27.3. The molecule has 634 valence electrons. The van der Waals surface area contributed by atoms with Crippen molar-refractivity contribution in [1.29, 1.82) is 0 Å². The van der Waals surface area contributed by atoms with Crippen LogP contribution in [-0.2, 0) is 19.5 Å². The number of nitro groups is 8. The van der Waals surface area contributed by atoms with E-state index < -0.39 is 313 Å². The van der Waals surface area contributed by atoms with Gasteiger partial charge in [0.05, 0.1) is 84.9 Å². The summed E-state index contributed by atoms with van der Waals surface area (Å²) in [5.41, 5.74) is -15.6. The Bertz CT molecular complexity index is 6680. The monoisotopic (exact) mass is 1820 g/mol. The molecule has 49 heteroatoms. The van der Waals surface area contributed by atoms with Gasteiger partial charge in [-0.05, 0) is 97.1 Å². The average molecular weight is 1820 g/mol. The summed E-state index contributed by atoms with van der Waals surface area (Å²) < 4.78 is 200. The van der Waals surface area contributed by atoms with Gasteiger partial charge in [0.2, 0.25) is 46.0 Å². The summed E-state index contributed by atoms with van der Waals surface area (Å²) in [6.07, 6.45) is 0. The van der Waals surface area contributed by atoms with Crippen molar-refractivity contribution in [3.63, 3.8) is 0 Å². The van der Waals surface area contributed by atoms with Gasteiger partial charge in [-0.15, -0.1) is 0 Å². The number of non-ortho nitro benzene ring substituents is 8. The minimum atomic E-state index is -1.92. The molecule has 0 saturated carbocycles. The molecule has 12 aromatic carbocycles. The molecule has 0 spiro atoms. The fourth-order valence-electron chi connectivity index (χ4n) is 12.9. The third-order valence-electron chi connectivity index (χ3n) is 18.8. The Kier molecular flexibility index (Phi) is 21.7. The molecular formula is C80H32F8N16O24Zn. The van der Waals surface area contributed by atoms with Crippen LogP contribution >= 0.6 is 0 Å². The van der Waals surface area contributed by atoms with Crippen LogP contribution in [0.2, 0.25) is 0 Å².